The highest BCUT2D eigenvalue weighted by atomic mass is 32.2. The summed E-state index contributed by atoms with van der Waals surface area (Å²) in [4.78, 5) is 0.197. The average molecular weight is 349 g/mol. The zero-order valence-corrected chi connectivity index (χ0v) is 14.3. The van der Waals surface area contributed by atoms with Crippen molar-refractivity contribution < 1.29 is 13.5 Å². The van der Waals surface area contributed by atoms with Crippen LogP contribution in [0.3, 0.4) is 0 Å². The Kier molecular flexibility index (Phi) is 5.33. The molecule has 1 aliphatic rings. The van der Waals surface area contributed by atoms with Crippen LogP contribution in [0.15, 0.2) is 47.6 Å². The van der Waals surface area contributed by atoms with Gasteiger partial charge in [-0.05, 0) is 37.2 Å². The summed E-state index contributed by atoms with van der Waals surface area (Å²) in [5, 5.41) is 13.3. The fourth-order valence-corrected chi connectivity index (χ4v) is 4.35. The van der Waals surface area contributed by atoms with Gasteiger partial charge < -0.3 is 5.11 Å². The Labute approximate surface area is 142 Å². The summed E-state index contributed by atoms with van der Waals surface area (Å²) in [6, 6.07) is 9.73. The van der Waals surface area contributed by atoms with Crippen LogP contribution in [-0.4, -0.2) is 36.0 Å². The van der Waals surface area contributed by atoms with Gasteiger partial charge in [-0.15, -0.1) is 0 Å². The minimum atomic E-state index is -3.55. The lowest BCUT2D eigenvalue weighted by atomic mass is 9.87. The Hall–Kier alpha value is -1.70. The number of sulfonamides is 1. The van der Waals surface area contributed by atoms with Crippen LogP contribution in [0.5, 0.6) is 0 Å². The van der Waals surface area contributed by atoms with E-state index < -0.39 is 10.0 Å². The fraction of sp³-hybridized carbons (Fsp3) is 0.471. The molecule has 0 aliphatic heterocycles. The van der Waals surface area contributed by atoms with E-state index in [-0.39, 0.29) is 17.5 Å². The lowest BCUT2D eigenvalue weighted by Crippen LogP contribution is -2.37. The maximum atomic E-state index is 12.5. The Balaban J connectivity index is 1.63. The second kappa shape index (κ2) is 7.46. The maximum Gasteiger partial charge on any atom is 0.243 e. The van der Waals surface area contributed by atoms with E-state index in [1.54, 1.807) is 10.9 Å². The first-order valence-corrected chi connectivity index (χ1v) is 9.75. The summed E-state index contributed by atoms with van der Waals surface area (Å²) in [7, 11) is -3.55. The molecule has 130 valence electrons. The molecule has 0 saturated heterocycles. The van der Waals surface area contributed by atoms with Crippen LogP contribution in [0.4, 0.5) is 0 Å². The predicted molar refractivity (Wildman–Crippen MR) is 90.9 cm³/mol. The quantitative estimate of drug-likeness (QED) is 0.832. The van der Waals surface area contributed by atoms with E-state index >= 15 is 0 Å². The molecule has 6 nitrogen and oxygen atoms in total. The molecule has 1 aromatic carbocycles. The molecule has 1 saturated carbocycles. The van der Waals surface area contributed by atoms with Crippen molar-refractivity contribution in [1.82, 2.24) is 14.5 Å². The third-order valence-electron chi connectivity index (χ3n) is 4.53. The lowest BCUT2D eigenvalue weighted by Gasteiger charge is -2.27. The summed E-state index contributed by atoms with van der Waals surface area (Å²) < 4.78 is 29.4. The van der Waals surface area contributed by atoms with Gasteiger partial charge >= 0.3 is 0 Å². The standard InChI is InChI=1S/C17H23N3O3S/c21-13-15-6-8-16(9-7-15)19-24(22,23)17-10-18-20(12-17)11-14-4-2-1-3-5-14/h1-5,10,12,15-16,19,21H,6-9,11,13H2. The van der Waals surface area contributed by atoms with E-state index in [0.29, 0.717) is 12.5 Å². The number of benzene rings is 1. The molecule has 0 unspecified atom stereocenters. The van der Waals surface area contributed by atoms with E-state index in [0.717, 1.165) is 31.2 Å². The van der Waals surface area contributed by atoms with Crippen LogP contribution in [0.2, 0.25) is 0 Å². The van der Waals surface area contributed by atoms with Crippen molar-refractivity contribution in [3.8, 4) is 0 Å². The molecule has 0 spiro atoms. The van der Waals surface area contributed by atoms with Crippen molar-refractivity contribution in [1.29, 1.82) is 0 Å². The summed E-state index contributed by atoms with van der Waals surface area (Å²) in [5.74, 6) is 0.305. The van der Waals surface area contributed by atoms with Crippen molar-refractivity contribution in [2.45, 2.75) is 43.2 Å². The first-order valence-electron chi connectivity index (χ1n) is 8.26. The molecular weight excluding hydrogens is 326 g/mol. The predicted octanol–water partition coefficient (Wildman–Crippen LogP) is 1.76. The monoisotopic (exact) mass is 349 g/mol. The van der Waals surface area contributed by atoms with E-state index in [4.69, 9.17) is 5.11 Å². The summed E-state index contributed by atoms with van der Waals surface area (Å²) >= 11 is 0. The van der Waals surface area contributed by atoms with E-state index in [9.17, 15) is 8.42 Å². The van der Waals surface area contributed by atoms with Gasteiger partial charge in [0.1, 0.15) is 4.90 Å². The van der Waals surface area contributed by atoms with Crippen LogP contribution in [0.1, 0.15) is 31.2 Å². The smallest absolute Gasteiger partial charge is 0.243 e. The third-order valence-corrected chi connectivity index (χ3v) is 6.01. The molecular formula is C17H23N3O3S. The molecule has 2 N–H and O–H groups in total. The lowest BCUT2D eigenvalue weighted by molar-refractivity contribution is 0.180. The highest BCUT2D eigenvalue weighted by Gasteiger charge is 2.26. The second-order valence-electron chi connectivity index (χ2n) is 6.38. The molecule has 3 rings (SSSR count). The van der Waals surface area contributed by atoms with Gasteiger partial charge in [-0.2, -0.15) is 5.10 Å². The first-order chi connectivity index (χ1) is 11.6. The van der Waals surface area contributed by atoms with Crippen molar-refractivity contribution in [2.24, 2.45) is 5.92 Å². The highest BCUT2D eigenvalue weighted by molar-refractivity contribution is 7.89. The molecule has 7 heteroatoms. The van der Waals surface area contributed by atoms with E-state index in [1.165, 1.54) is 6.20 Å². The molecule has 24 heavy (non-hydrogen) atoms. The van der Waals surface area contributed by atoms with E-state index in [1.807, 2.05) is 30.3 Å². The highest BCUT2D eigenvalue weighted by Crippen LogP contribution is 2.25. The van der Waals surface area contributed by atoms with Crippen molar-refractivity contribution in [3.05, 3.63) is 48.3 Å². The number of rotatable bonds is 6. The van der Waals surface area contributed by atoms with Crippen LogP contribution >= 0.6 is 0 Å². The van der Waals surface area contributed by atoms with Gasteiger partial charge in [-0.25, -0.2) is 13.1 Å². The van der Waals surface area contributed by atoms with Gasteiger partial charge in [0.2, 0.25) is 10.0 Å². The summed E-state index contributed by atoms with van der Waals surface area (Å²) in [6.07, 6.45) is 6.21. The molecule has 1 heterocycles. The number of aliphatic hydroxyl groups is 1. The largest absolute Gasteiger partial charge is 0.396 e. The van der Waals surface area contributed by atoms with Gasteiger partial charge in [-0.3, -0.25) is 4.68 Å². The number of aliphatic hydroxyl groups excluding tert-OH is 1. The Morgan fingerprint density at radius 1 is 1.17 bits per heavy atom. The van der Waals surface area contributed by atoms with E-state index in [2.05, 4.69) is 9.82 Å². The summed E-state index contributed by atoms with van der Waals surface area (Å²) in [5.41, 5.74) is 1.07. The zero-order chi connectivity index (χ0) is 17.0. The van der Waals surface area contributed by atoms with Crippen LogP contribution in [0, 0.1) is 5.92 Å². The van der Waals surface area contributed by atoms with Gasteiger partial charge in [0.15, 0.2) is 0 Å². The molecule has 0 amide bonds. The molecule has 2 aromatic rings. The average Bonchev–Trinajstić information content (AvgIpc) is 3.06. The number of aromatic nitrogens is 2. The number of nitrogens with one attached hydrogen (secondary N) is 1. The van der Waals surface area contributed by atoms with Gasteiger partial charge in [0.25, 0.3) is 0 Å². The Morgan fingerprint density at radius 3 is 2.54 bits per heavy atom. The molecule has 0 bridgehead atoms. The van der Waals surface area contributed by atoms with Gasteiger partial charge in [0.05, 0.1) is 12.7 Å². The Bertz CT molecular complexity index is 750. The number of nitrogens with zero attached hydrogens (tertiary/aromatic N) is 2. The topological polar surface area (TPSA) is 84.2 Å². The fourth-order valence-electron chi connectivity index (χ4n) is 3.09. The minimum Gasteiger partial charge on any atom is -0.396 e. The van der Waals surface area contributed by atoms with Crippen molar-refractivity contribution in [2.75, 3.05) is 6.61 Å². The third kappa shape index (κ3) is 4.23. The minimum absolute atomic E-state index is 0.0599. The molecule has 1 fully saturated rings. The van der Waals surface area contributed by atoms with Crippen molar-refractivity contribution in [3.63, 3.8) is 0 Å². The number of hydrogen-bond acceptors (Lipinski definition) is 4. The molecule has 0 radical (unpaired) electrons. The molecule has 1 aliphatic carbocycles. The zero-order valence-electron chi connectivity index (χ0n) is 13.5. The van der Waals surface area contributed by atoms with Gasteiger partial charge in [0, 0.05) is 18.8 Å². The normalized spacial score (nSPS) is 21.7. The van der Waals surface area contributed by atoms with Crippen LogP contribution in [0.25, 0.3) is 0 Å². The number of hydrogen-bond donors (Lipinski definition) is 2. The maximum absolute atomic E-state index is 12.5. The second-order valence-corrected chi connectivity index (χ2v) is 8.09. The summed E-state index contributed by atoms with van der Waals surface area (Å²) in [6.45, 7) is 0.726. The van der Waals surface area contributed by atoms with Gasteiger partial charge in [-0.1, -0.05) is 30.3 Å². The first kappa shape index (κ1) is 17.1. The van der Waals surface area contributed by atoms with Crippen LogP contribution < -0.4 is 4.72 Å². The Morgan fingerprint density at radius 2 is 1.88 bits per heavy atom. The molecule has 0 atom stereocenters. The molecule has 1 aromatic heterocycles. The SMILES string of the molecule is O=S(=O)(NC1CCC(CO)CC1)c1cnn(Cc2ccccc2)c1. The van der Waals surface area contributed by atoms with Crippen LogP contribution in [-0.2, 0) is 16.6 Å². The van der Waals surface area contributed by atoms with Crippen molar-refractivity contribution >= 4 is 10.0 Å².